The average Bonchev–Trinajstić information content (AvgIpc) is 3.46. The summed E-state index contributed by atoms with van der Waals surface area (Å²) in [7, 11) is 0. The molecule has 9 heteroatoms. The fourth-order valence-corrected chi connectivity index (χ4v) is 4.23. The number of hydrogen-bond acceptors (Lipinski definition) is 7. The van der Waals surface area contributed by atoms with E-state index in [4.69, 9.17) is 8.83 Å². The second kappa shape index (κ2) is 8.43. The van der Waals surface area contributed by atoms with Gasteiger partial charge in [-0.25, -0.2) is 0 Å². The van der Waals surface area contributed by atoms with E-state index in [1.807, 2.05) is 35.2 Å². The summed E-state index contributed by atoms with van der Waals surface area (Å²) in [6.45, 7) is 4.34. The first-order chi connectivity index (χ1) is 15.2. The molecule has 1 N–H and O–H groups in total. The highest BCUT2D eigenvalue weighted by atomic mass is 16.4. The lowest BCUT2D eigenvalue weighted by atomic mass is 10.1. The molecular weight excluding hydrogens is 398 g/mol. The maximum atomic E-state index is 13.0. The summed E-state index contributed by atoms with van der Waals surface area (Å²) >= 11 is 0. The minimum atomic E-state index is -0.466. The van der Waals surface area contributed by atoms with E-state index in [1.165, 1.54) is 0 Å². The van der Waals surface area contributed by atoms with Crippen LogP contribution in [0.3, 0.4) is 0 Å². The number of carbonyl (C=O) groups excluding carboxylic acids is 2. The molecule has 0 spiro atoms. The lowest BCUT2D eigenvalue weighted by molar-refractivity contribution is -0.139. The lowest BCUT2D eigenvalue weighted by Gasteiger charge is -2.37. The molecule has 0 radical (unpaired) electrons. The van der Waals surface area contributed by atoms with Crippen LogP contribution in [0.25, 0.3) is 11.1 Å². The summed E-state index contributed by atoms with van der Waals surface area (Å²) in [6, 6.07) is 9.69. The molecule has 1 atom stereocenters. The van der Waals surface area contributed by atoms with Crippen molar-refractivity contribution in [3.8, 4) is 0 Å². The number of rotatable bonds is 5. The number of anilines is 1. The Labute approximate surface area is 179 Å². The van der Waals surface area contributed by atoms with Crippen LogP contribution in [0.15, 0.2) is 51.7 Å². The van der Waals surface area contributed by atoms with Gasteiger partial charge in [0.15, 0.2) is 5.58 Å². The summed E-state index contributed by atoms with van der Waals surface area (Å²) in [4.78, 5) is 36.0. The molecule has 4 heterocycles. The highest BCUT2D eigenvalue weighted by molar-refractivity contribution is 5.89. The van der Waals surface area contributed by atoms with E-state index in [0.717, 1.165) is 16.7 Å². The average molecular weight is 423 g/mol. The number of fused-ring (bicyclic) bond motifs is 1. The number of para-hydroxylation sites is 2. The van der Waals surface area contributed by atoms with E-state index in [-0.39, 0.29) is 18.2 Å². The van der Waals surface area contributed by atoms with E-state index in [9.17, 15) is 9.59 Å². The Bertz CT molecular complexity index is 1020. The molecule has 0 aliphatic carbocycles. The van der Waals surface area contributed by atoms with Crippen LogP contribution in [0.5, 0.6) is 0 Å². The number of nitrogens with one attached hydrogen (secondary N) is 1. The Morgan fingerprint density at radius 3 is 2.74 bits per heavy atom. The van der Waals surface area contributed by atoms with Crippen LogP contribution in [0.1, 0.15) is 12.0 Å². The van der Waals surface area contributed by atoms with Gasteiger partial charge in [0, 0.05) is 51.4 Å². The van der Waals surface area contributed by atoms with E-state index in [0.29, 0.717) is 51.8 Å². The number of benzene rings is 1. The predicted octanol–water partition coefficient (Wildman–Crippen LogP) is 1.46. The van der Waals surface area contributed by atoms with E-state index < -0.39 is 6.04 Å². The zero-order valence-electron chi connectivity index (χ0n) is 17.2. The third-order valence-electron chi connectivity index (χ3n) is 5.96. The molecule has 2 aromatic heterocycles. The Kier molecular flexibility index (Phi) is 5.33. The van der Waals surface area contributed by atoms with E-state index in [1.54, 1.807) is 12.5 Å². The van der Waals surface area contributed by atoms with Gasteiger partial charge < -0.3 is 24.0 Å². The molecule has 2 fully saturated rings. The smallest absolute Gasteiger partial charge is 0.298 e. The van der Waals surface area contributed by atoms with Crippen molar-refractivity contribution in [2.75, 3.05) is 44.2 Å². The second-order valence-electron chi connectivity index (χ2n) is 7.95. The number of hydrogen-bond donors (Lipinski definition) is 1. The largest absolute Gasteiger partial charge is 0.472 e. The molecule has 31 heavy (non-hydrogen) atoms. The van der Waals surface area contributed by atoms with E-state index in [2.05, 4.69) is 20.1 Å². The molecule has 2 aliphatic heterocycles. The number of carbonyl (C=O) groups is 2. The van der Waals surface area contributed by atoms with Gasteiger partial charge in [-0.2, -0.15) is 4.98 Å². The maximum absolute atomic E-state index is 13.0. The Morgan fingerprint density at radius 1 is 1.13 bits per heavy atom. The number of aromatic nitrogens is 1. The standard InChI is InChI=1S/C22H25N5O4/c28-20(13-18-21(29)23-6-7-27(18)14-16-5-12-30-15-16)25-8-10-26(11-9-25)22-24-17-3-1-2-4-19(17)31-22/h1-5,12,15,18H,6-11,13-14H2,(H,23,29)/t18-/m0/s1. The third kappa shape index (κ3) is 4.13. The van der Waals surface area contributed by atoms with Gasteiger partial charge in [0.1, 0.15) is 5.52 Å². The van der Waals surface area contributed by atoms with Crippen LogP contribution in [0.4, 0.5) is 6.01 Å². The van der Waals surface area contributed by atoms with E-state index >= 15 is 0 Å². The van der Waals surface area contributed by atoms with Crippen molar-refractivity contribution in [2.45, 2.75) is 19.0 Å². The second-order valence-corrected chi connectivity index (χ2v) is 7.95. The van der Waals surface area contributed by atoms with Gasteiger partial charge in [-0.1, -0.05) is 12.1 Å². The number of amides is 2. The summed E-state index contributed by atoms with van der Waals surface area (Å²) in [5.41, 5.74) is 2.59. The van der Waals surface area contributed by atoms with Crippen LogP contribution < -0.4 is 10.2 Å². The van der Waals surface area contributed by atoms with Crippen molar-refractivity contribution >= 4 is 28.9 Å². The zero-order chi connectivity index (χ0) is 21.2. The van der Waals surface area contributed by atoms with Crippen molar-refractivity contribution in [3.63, 3.8) is 0 Å². The fourth-order valence-electron chi connectivity index (χ4n) is 4.23. The number of furan rings is 1. The molecule has 0 unspecified atom stereocenters. The molecule has 162 valence electrons. The molecule has 2 amide bonds. The molecule has 9 nitrogen and oxygen atoms in total. The van der Waals surface area contributed by atoms with Gasteiger partial charge in [-0.05, 0) is 18.2 Å². The minimum absolute atomic E-state index is 0.00328. The van der Waals surface area contributed by atoms with Gasteiger partial charge in [-0.3, -0.25) is 14.5 Å². The molecule has 2 aliphatic rings. The van der Waals surface area contributed by atoms with Gasteiger partial charge in [0.25, 0.3) is 6.01 Å². The van der Waals surface area contributed by atoms with Crippen LogP contribution in [0, 0.1) is 0 Å². The Balaban J connectivity index is 1.20. The first-order valence-electron chi connectivity index (χ1n) is 10.6. The third-order valence-corrected chi connectivity index (χ3v) is 5.96. The minimum Gasteiger partial charge on any atom is -0.472 e. The van der Waals surface area contributed by atoms with Crippen molar-refractivity contribution in [1.82, 2.24) is 20.1 Å². The summed E-state index contributed by atoms with van der Waals surface area (Å²) in [5, 5.41) is 2.89. The molecule has 0 saturated carbocycles. The van der Waals surface area contributed by atoms with Crippen LogP contribution in [0.2, 0.25) is 0 Å². The normalized spacial score (nSPS) is 20.3. The van der Waals surface area contributed by atoms with Crippen LogP contribution in [-0.2, 0) is 16.1 Å². The Morgan fingerprint density at radius 2 is 1.97 bits per heavy atom. The summed E-state index contributed by atoms with van der Waals surface area (Å²) < 4.78 is 11.0. The van der Waals surface area contributed by atoms with Crippen LogP contribution >= 0.6 is 0 Å². The lowest BCUT2D eigenvalue weighted by Crippen LogP contribution is -2.57. The maximum Gasteiger partial charge on any atom is 0.298 e. The van der Waals surface area contributed by atoms with Gasteiger partial charge in [0.05, 0.1) is 25.0 Å². The van der Waals surface area contributed by atoms with Crippen molar-refractivity contribution < 1.29 is 18.4 Å². The first-order valence-corrected chi connectivity index (χ1v) is 10.6. The molecular formula is C22H25N5O4. The van der Waals surface area contributed by atoms with Gasteiger partial charge in [-0.15, -0.1) is 0 Å². The zero-order valence-corrected chi connectivity index (χ0v) is 17.2. The monoisotopic (exact) mass is 423 g/mol. The molecule has 2 saturated heterocycles. The molecule has 0 bridgehead atoms. The molecule has 1 aromatic carbocycles. The first kappa shape index (κ1) is 19.6. The Hall–Kier alpha value is -3.33. The SMILES string of the molecule is O=C1NCCN(Cc2ccoc2)[C@H]1CC(=O)N1CCN(c2nc3ccccc3o2)CC1. The van der Waals surface area contributed by atoms with Crippen LogP contribution in [-0.4, -0.2) is 71.9 Å². The molecule has 3 aromatic rings. The summed E-state index contributed by atoms with van der Waals surface area (Å²) in [5.74, 6) is -0.0929. The van der Waals surface area contributed by atoms with Gasteiger partial charge in [0.2, 0.25) is 11.8 Å². The van der Waals surface area contributed by atoms with Gasteiger partial charge >= 0.3 is 0 Å². The highest BCUT2D eigenvalue weighted by Gasteiger charge is 2.34. The number of oxazole rings is 1. The van der Waals surface area contributed by atoms with Crippen molar-refractivity contribution in [1.29, 1.82) is 0 Å². The number of nitrogens with zero attached hydrogens (tertiary/aromatic N) is 4. The predicted molar refractivity (Wildman–Crippen MR) is 113 cm³/mol. The fraction of sp³-hybridized carbons (Fsp3) is 0.409. The quantitative estimate of drug-likeness (QED) is 0.664. The number of piperazine rings is 2. The highest BCUT2D eigenvalue weighted by Crippen LogP contribution is 2.23. The van der Waals surface area contributed by atoms with Crippen molar-refractivity contribution in [2.24, 2.45) is 0 Å². The topological polar surface area (TPSA) is 95.1 Å². The molecule has 5 rings (SSSR count). The van der Waals surface area contributed by atoms with Crippen molar-refractivity contribution in [3.05, 3.63) is 48.4 Å². The summed E-state index contributed by atoms with van der Waals surface area (Å²) in [6.07, 6.45) is 3.47.